The van der Waals surface area contributed by atoms with E-state index in [0.29, 0.717) is 6.07 Å². The second-order valence-electron chi connectivity index (χ2n) is 3.95. The molecule has 0 aliphatic rings. The van der Waals surface area contributed by atoms with Gasteiger partial charge in [-0.25, -0.2) is 8.78 Å². The Morgan fingerprint density at radius 3 is 2.63 bits per heavy atom. The average molecular weight is 268 g/mol. The lowest BCUT2D eigenvalue weighted by atomic mass is 10.0. The molecule has 100 valence electrons. The van der Waals surface area contributed by atoms with Crippen LogP contribution < -0.4 is 5.56 Å². The Balaban J connectivity index is 2.45. The van der Waals surface area contributed by atoms with E-state index in [0.717, 1.165) is 6.07 Å². The Hall–Kier alpha value is -2.44. The van der Waals surface area contributed by atoms with Crippen molar-refractivity contribution in [1.29, 1.82) is 0 Å². The molecule has 1 heterocycles. The fraction of sp³-hybridized carbons (Fsp3) is 0.167. The number of carboxylic acids is 1. The van der Waals surface area contributed by atoms with Gasteiger partial charge < -0.3 is 5.11 Å². The van der Waals surface area contributed by atoms with Crippen molar-refractivity contribution in [2.45, 2.75) is 12.8 Å². The molecule has 5 nitrogen and oxygen atoms in total. The van der Waals surface area contributed by atoms with Gasteiger partial charge in [0.2, 0.25) is 0 Å². The van der Waals surface area contributed by atoms with Crippen molar-refractivity contribution in [2.75, 3.05) is 0 Å². The van der Waals surface area contributed by atoms with Gasteiger partial charge in [0.25, 0.3) is 5.56 Å². The maximum Gasteiger partial charge on any atom is 0.303 e. The molecular weight excluding hydrogens is 258 g/mol. The number of hydrogen-bond donors (Lipinski definition) is 3. The molecule has 0 saturated carbocycles. The molecule has 3 N–H and O–H groups in total. The quantitative estimate of drug-likeness (QED) is 0.788. The zero-order chi connectivity index (χ0) is 14.0. The summed E-state index contributed by atoms with van der Waals surface area (Å²) >= 11 is 0. The summed E-state index contributed by atoms with van der Waals surface area (Å²) in [7, 11) is 0. The van der Waals surface area contributed by atoms with Crippen molar-refractivity contribution < 1.29 is 18.7 Å². The van der Waals surface area contributed by atoms with E-state index in [2.05, 4.69) is 10.2 Å². The van der Waals surface area contributed by atoms with Crippen LogP contribution in [-0.4, -0.2) is 21.3 Å². The normalized spacial score (nSPS) is 10.6. The van der Waals surface area contributed by atoms with Crippen LogP contribution in [0.3, 0.4) is 0 Å². The van der Waals surface area contributed by atoms with Crippen LogP contribution in [-0.2, 0) is 11.2 Å². The van der Waals surface area contributed by atoms with E-state index in [1.54, 1.807) is 0 Å². The first-order chi connectivity index (χ1) is 8.99. The number of benzene rings is 1. The summed E-state index contributed by atoms with van der Waals surface area (Å²) in [5.74, 6) is -2.62. The predicted octanol–water partition coefficient (Wildman–Crippen LogP) is 1.67. The molecule has 2 rings (SSSR count). The summed E-state index contributed by atoms with van der Waals surface area (Å²) in [6, 6.07) is 2.94. The van der Waals surface area contributed by atoms with E-state index < -0.39 is 23.2 Å². The van der Waals surface area contributed by atoms with Gasteiger partial charge in [-0.05, 0) is 18.6 Å². The van der Waals surface area contributed by atoms with Crippen molar-refractivity contribution in [3.63, 3.8) is 0 Å². The van der Waals surface area contributed by atoms with Gasteiger partial charge in [0.1, 0.15) is 11.6 Å². The van der Waals surface area contributed by atoms with Gasteiger partial charge in [0.05, 0.1) is 5.69 Å². The number of aliphatic carboxylic acids is 1. The molecule has 0 atom stereocenters. The van der Waals surface area contributed by atoms with Gasteiger partial charge in [-0.2, -0.15) is 0 Å². The molecule has 0 spiro atoms. The molecule has 0 saturated heterocycles. The summed E-state index contributed by atoms with van der Waals surface area (Å²) in [6.07, 6.45) is -0.295. The first-order valence-corrected chi connectivity index (χ1v) is 5.45. The maximum atomic E-state index is 13.6. The molecule has 0 aliphatic carbocycles. The maximum absolute atomic E-state index is 13.6. The number of halogens is 2. The zero-order valence-electron chi connectivity index (χ0n) is 9.67. The first kappa shape index (κ1) is 13.0. The summed E-state index contributed by atoms with van der Waals surface area (Å²) in [5, 5.41) is 13.4. The minimum absolute atomic E-state index is 0.0140. The highest BCUT2D eigenvalue weighted by atomic mass is 19.1. The van der Waals surface area contributed by atoms with Gasteiger partial charge in [0.15, 0.2) is 0 Å². The van der Waals surface area contributed by atoms with E-state index in [-0.39, 0.29) is 29.7 Å². The summed E-state index contributed by atoms with van der Waals surface area (Å²) in [4.78, 5) is 22.0. The Bertz CT molecular complexity index is 676. The molecule has 0 bridgehead atoms. The van der Waals surface area contributed by atoms with Gasteiger partial charge >= 0.3 is 5.97 Å². The van der Waals surface area contributed by atoms with Crippen LogP contribution in [0.4, 0.5) is 8.78 Å². The number of hydrogen-bond acceptors (Lipinski definition) is 2. The zero-order valence-corrected chi connectivity index (χ0v) is 9.67. The van der Waals surface area contributed by atoms with E-state index in [1.165, 1.54) is 6.07 Å². The van der Waals surface area contributed by atoms with Crippen molar-refractivity contribution in [1.82, 2.24) is 10.2 Å². The van der Waals surface area contributed by atoms with Crippen LogP contribution >= 0.6 is 0 Å². The number of aromatic amines is 2. The lowest BCUT2D eigenvalue weighted by Gasteiger charge is -2.03. The monoisotopic (exact) mass is 268 g/mol. The molecule has 0 radical (unpaired) electrons. The SMILES string of the molecule is O=C(O)CCc1c(-c2ccc(F)cc2F)[nH][nH]c1=O. The van der Waals surface area contributed by atoms with Gasteiger partial charge in [-0.1, -0.05) is 0 Å². The second kappa shape index (κ2) is 5.05. The molecule has 19 heavy (non-hydrogen) atoms. The fourth-order valence-electron chi connectivity index (χ4n) is 1.78. The van der Waals surface area contributed by atoms with Crippen molar-refractivity contribution in [3.8, 4) is 11.3 Å². The Morgan fingerprint density at radius 2 is 2.00 bits per heavy atom. The van der Waals surface area contributed by atoms with Crippen LogP contribution in [0, 0.1) is 11.6 Å². The summed E-state index contributed by atoms with van der Waals surface area (Å²) < 4.78 is 26.5. The molecule has 1 aromatic heterocycles. The molecule has 2 aromatic rings. The average Bonchev–Trinajstić information content (AvgIpc) is 2.68. The van der Waals surface area contributed by atoms with E-state index >= 15 is 0 Å². The number of aromatic nitrogens is 2. The standard InChI is InChI=1S/C12H10F2N2O3/c13-6-1-2-7(9(14)5-6)11-8(3-4-10(17)18)12(19)16-15-11/h1-2,5H,3-4H2,(H,17,18)(H2,15,16,19). The lowest BCUT2D eigenvalue weighted by Crippen LogP contribution is -2.09. The van der Waals surface area contributed by atoms with Gasteiger partial charge in [0, 0.05) is 23.6 Å². The van der Waals surface area contributed by atoms with Crippen molar-refractivity contribution in [3.05, 3.63) is 45.8 Å². The summed E-state index contributed by atoms with van der Waals surface area (Å²) in [5.41, 5.74) is -0.225. The van der Waals surface area contributed by atoms with Gasteiger partial charge in [-0.15, -0.1) is 0 Å². The fourth-order valence-corrected chi connectivity index (χ4v) is 1.78. The van der Waals surface area contributed by atoms with Crippen LogP contribution in [0.5, 0.6) is 0 Å². The minimum Gasteiger partial charge on any atom is -0.481 e. The summed E-state index contributed by atoms with van der Waals surface area (Å²) in [6.45, 7) is 0. The Labute approximate surface area is 105 Å². The van der Waals surface area contributed by atoms with E-state index in [1.807, 2.05) is 0 Å². The largest absolute Gasteiger partial charge is 0.481 e. The third-order valence-corrected chi connectivity index (χ3v) is 2.67. The van der Waals surface area contributed by atoms with Gasteiger partial charge in [-0.3, -0.25) is 19.8 Å². The number of nitrogens with one attached hydrogen (secondary N) is 2. The molecule has 0 amide bonds. The smallest absolute Gasteiger partial charge is 0.303 e. The van der Waals surface area contributed by atoms with Crippen LogP contribution in [0.25, 0.3) is 11.3 Å². The Kier molecular flexibility index (Phi) is 3.46. The highest BCUT2D eigenvalue weighted by molar-refractivity contribution is 5.69. The molecule has 0 aliphatic heterocycles. The van der Waals surface area contributed by atoms with E-state index in [9.17, 15) is 18.4 Å². The van der Waals surface area contributed by atoms with Crippen molar-refractivity contribution in [2.24, 2.45) is 0 Å². The molecule has 7 heteroatoms. The van der Waals surface area contributed by atoms with Crippen LogP contribution in [0.1, 0.15) is 12.0 Å². The lowest BCUT2D eigenvalue weighted by molar-refractivity contribution is -0.136. The highest BCUT2D eigenvalue weighted by Crippen LogP contribution is 2.23. The molecule has 1 aromatic carbocycles. The second-order valence-corrected chi connectivity index (χ2v) is 3.95. The van der Waals surface area contributed by atoms with Crippen LogP contribution in [0.15, 0.2) is 23.0 Å². The number of rotatable bonds is 4. The number of H-pyrrole nitrogens is 2. The number of carbonyl (C=O) groups is 1. The predicted molar refractivity (Wildman–Crippen MR) is 62.7 cm³/mol. The first-order valence-electron chi connectivity index (χ1n) is 5.45. The Morgan fingerprint density at radius 1 is 1.26 bits per heavy atom. The third kappa shape index (κ3) is 2.70. The van der Waals surface area contributed by atoms with Crippen LogP contribution in [0.2, 0.25) is 0 Å². The van der Waals surface area contributed by atoms with E-state index in [4.69, 9.17) is 5.11 Å². The topological polar surface area (TPSA) is 85.9 Å². The molecule has 0 fully saturated rings. The third-order valence-electron chi connectivity index (χ3n) is 2.67. The highest BCUT2D eigenvalue weighted by Gasteiger charge is 2.16. The number of carboxylic acid groups (broad SMARTS) is 1. The van der Waals surface area contributed by atoms with Crippen molar-refractivity contribution >= 4 is 5.97 Å². The molecule has 0 unspecified atom stereocenters. The minimum atomic E-state index is -1.06. The molecular formula is C12H10F2N2O3.